The molecule has 0 N–H and O–H groups in total. The summed E-state index contributed by atoms with van der Waals surface area (Å²) in [6.07, 6.45) is 0. The van der Waals surface area contributed by atoms with Crippen molar-refractivity contribution in [3.63, 3.8) is 0 Å². The number of benzene rings is 9. The van der Waals surface area contributed by atoms with Crippen molar-refractivity contribution in [3.8, 4) is 33.4 Å². The van der Waals surface area contributed by atoms with Crippen LogP contribution in [0.1, 0.15) is 25.0 Å². The smallest absolute Gasteiger partial charge is 0.135 e. The van der Waals surface area contributed by atoms with Crippen molar-refractivity contribution in [2.45, 2.75) is 19.3 Å². The minimum atomic E-state index is -0.0296. The van der Waals surface area contributed by atoms with E-state index in [1.54, 1.807) is 0 Å². The van der Waals surface area contributed by atoms with Gasteiger partial charge in [0.05, 0.1) is 0 Å². The minimum Gasteiger partial charge on any atom is -0.456 e. The fourth-order valence-electron chi connectivity index (χ4n) is 9.11. The molecule has 0 spiro atoms. The number of rotatable bonds is 3. The van der Waals surface area contributed by atoms with Crippen molar-refractivity contribution in [2.24, 2.45) is 0 Å². The Kier molecular flexibility index (Phi) is 5.51. The normalized spacial score (nSPS) is 13.6. The molecule has 0 saturated carbocycles. The molecule has 1 nitrogen and oxygen atoms in total. The van der Waals surface area contributed by atoms with Gasteiger partial charge in [-0.2, -0.15) is 0 Å². The van der Waals surface area contributed by atoms with Gasteiger partial charge in [-0.3, -0.25) is 0 Å². The highest BCUT2D eigenvalue weighted by molar-refractivity contribution is 6.27. The van der Waals surface area contributed by atoms with E-state index in [-0.39, 0.29) is 5.41 Å². The lowest BCUT2D eigenvalue weighted by Gasteiger charge is -2.21. The van der Waals surface area contributed by atoms with Gasteiger partial charge in [-0.05, 0) is 112 Å². The van der Waals surface area contributed by atoms with Crippen LogP contribution >= 0.6 is 0 Å². The summed E-state index contributed by atoms with van der Waals surface area (Å²) < 4.78 is 6.11. The number of hydrogen-bond acceptors (Lipinski definition) is 1. The van der Waals surface area contributed by atoms with Crippen LogP contribution < -0.4 is 0 Å². The zero-order valence-electron chi connectivity index (χ0n) is 27.9. The van der Waals surface area contributed by atoms with Crippen molar-refractivity contribution in [1.82, 2.24) is 0 Å². The zero-order chi connectivity index (χ0) is 33.1. The third-order valence-electron chi connectivity index (χ3n) is 11.4. The lowest BCUT2D eigenvalue weighted by molar-refractivity contribution is 0.663. The van der Waals surface area contributed by atoms with E-state index in [1.165, 1.54) is 87.6 Å². The molecule has 1 heterocycles. The van der Waals surface area contributed by atoms with Crippen molar-refractivity contribution >= 4 is 65.0 Å². The summed E-state index contributed by atoms with van der Waals surface area (Å²) in [5, 5.41) is 12.9. The highest BCUT2D eigenvalue weighted by Crippen LogP contribution is 2.53. The highest BCUT2D eigenvalue weighted by atomic mass is 16.3. The maximum atomic E-state index is 6.11. The monoisotopic (exact) mass is 636 g/mol. The molecule has 234 valence electrons. The lowest BCUT2D eigenvalue weighted by atomic mass is 9.81. The predicted octanol–water partition coefficient (Wildman–Crippen LogP) is 13.8. The average molecular weight is 637 g/mol. The van der Waals surface area contributed by atoms with Gasteiger partial charge in [0.2, 0.25) is 0 Å². The number of hydrogen-bond donors (Lipinski definition) is 0. The second-order valence-electron chi connectivity index (χ2n) is 14.4. The maximum Gasteiger partial charge on any atom is 0.135 e. The molecule has 0 aliphatic heterocycles. The molecule has 0 bridgehead atoms. The Morgan fingerprint density at radius 2 is 0.920 bits per heavy atom. The van der Waals surface area contributed by atoms with Crippen molar-refractivity contribution in [1.29, 1.82) is 0 Å². The summed E-state index contributed by atoms with van der Waals surface area (Å²) in [4.78, 5) is 0. The zero-order valence-corrected chi connectivity index (χ0v) is 27.9. The Morgan fingerprint density at radius 3 is 1.64 bits per heavy atom. The lowest BCUT2D eigenvalue weighted by Crippen LogP contribution is -2.14. The molecule has 11 rings (SSSR count). The molecule has 1 aromatic heterocycles. The van der Waals surface area contributed by atoms with E-state index in [2.05, 4.69) is 159 Å². The Morgan fingerprint density at radius 1 is 0.380 bits per heavy atom. The van der Waals surface area contributed by atoms with Crippen LogP contribution in [0.15, 0.2) is 162 Å². The van der Waals surface area contributed by atoms with Gasteiger partial charge in [-0.25, -0.2) is 0 Å². The summed E-state index contributed by atoms with van der Waals surface area (Å²) in [5.41, 5.74) is 12.2. The molecule has 0 amide bonds. The summed E-state index contributed by atoms with van der Waals surface area (Å²) in [5.74, 6) is 0. The van der Waals surface area contributed by atoms with E-state index in [1.807, 2.05) is 12.1 Å². The molecule has 0 unspecified atom stereocenters. The summed E-state index contributed by atoms with van der Waals surface area (Å²) >= 11 is 0. The van der Waals surface area contributed by atoms with Crippen molar-refractivity contribution in [3.05, 3.63) is 169 Å². The van der Waals surface area contributed by atoms with Crippen LogP contribution in [-0.2, 0) is 5.41 Å². The Hall–Kier alpha value is -6.18. The topological polar surface area (TPSA) is 13.1 Å². The third-order valence-corrected chi connectivity index (χ3v) is 11.4. The van der Waals surface area contributed by atoms with Gasteiger partial charge >= 0.3 is 0 Å². The second-order valence-corrected chi connectivity index (χ2v) is 14.4. The molecular formula is C49H32O. The molecule has 0 atom stereocenters. The van der Waals surface area contributed by atoms with Gasteiger partial charge in [-0.1, -0.05) is 147 Å². The Labute approximate surface area is 290 Å². The first-order chi connectivity index (χ1) is 24.6. The van der Waals surface area contributed by atoms with Crippen LogP contribution in [-0.4, -0.2) is 0 Å². The molecule has 0 saturated heterocycles. The molecule has 1 heteroatoms. The van der Waals surface area contributed by atoms with E-state index in [4.69, 9.17) is 4.42 Å². The van der Waals surface area contributed by atoms with Gasteiger partial charge in [0.25, 0.3) is 0 Å². The third kappa shape index (κ3) is 3.67. The number of fused-ring (bicyclic) bond motifs is 5. The highest BCUT2D eigenvalue weighted by Gasteiger charge is 2.34. The summed E-state index contributed by atoms with van der Waals surface area (Å²) in [6, 6.07) is 58.2. The molecule has 50 heavy (non-hydrogen) atoms. The van der Waals surface area contributed by atoms with Crippen LogP contribution in [0.2, 0.25) is 0 Å². The van der Waals surface area contributed by atoms with Crippen molar-refractivity contribution in [2.75, 3.05) is 0 Å². The molecule has 1 aliphatic rings. The average Bonchev–Trinajstić information content (AvgIpc) is 3.65. The van der Waals surface area contributed by atoms with E-state index in [0.29, 0.717) is 0 Å². The Bertz CT molecular complexity index is 2990. The quantitative estimate of drug-likeness (QED) is 0.139. The minimum absolute atomic E-state index is 0.0296. The molecular weight excluding hydrogens is 605 g/mol. The van der Waals surface area contributed by atoms with Gasteiger partial charge in [0.1, 0.15) is 11.2 Å². The van der Waals surface area contributed by atoms with Crippen LogP contribution in [0.4, 0.5) is 0 Å². The summed E-state index contributed by atoms with van der Waals surface area (Å²) in [6.45, 7) is 4.75. The number of furan rings is 1. The first-order valence-electron chi connectivity index (χ1n) is 17.5. The van der Waals surface area contributed by atoms with E-state index in [9.17, 15) is 0 Å². The standard InChI is InChI=1S/C49H32O/c1-49(2)41-18-9-11-32-28-40(38-17-10-19-42(49)48(38)46(32)41)47-36-15-5-3-13-34(36)45(35-14-4-6-16-37(35)47)30-23-21-29(22-24-30)31-25-26-44-39(27-31)33-12-7-8-20-43(33)50-44/h3-28H,1-2H3. The fourth-order valence-corrected chi connectivity index (χ4v) is 9.11. The Balaban J connectivity index is 1.14. The molecule has 0 fully saturated rings. The van der Waals surface area contributed by atoms with Crippen LogP contribution in [0, 0.1) is 0 Å². The predicted molar refractivity (Wildman–Crippen MR) is 212 cm³/mol. The molecule has 1 aliphatic carbocycles. The van der Waals surface area contributed by atoms with Crippen molar-refractivity contribution < 1.29 is 4.42 Å². The van der Waals surface area contributed by atoms with E-state index in [0.717, 1.165) is 21.9 Å². The second kappa shape index (κ2) is 9.94. The number of para-hydroxylation sites is 1. The van der Waals surface area contributed by atoms with Gasteiger partial charge in [0.15, 0.2) is 0 Å². The van der Waals surface area contributed by atoms with E-state index < -0.39 is 0 Å². The molecule has 0 radical (unpaired) electrons. The fraction of sp³-hybridized carbons (Fsp3) is 0.0612. The van der Waals surface area contributed by atoms with Crippen LogP contribution in [0.3, 0.4) is 0 Å². The van der Waals surface area contributed by atoms with Gasteiger partial charge in [-0.15, -0.1) is 0 Å². The van der Waals surface area contributed by atoms with Gasteiger partial charge < -0.3 is 4.42 Å². The maximum absolute atomic E-state index is 6.11. The molecule has 10 aromatic rings. The first kappa shape index (κ1) is 27.7. The van der Waals surface area contributed by atoms with E-state index >= 15 is 0 Å². The molecule has 9 aromatic carbocycles. The SMILES string of the molecule is CC1(C)c2cccc3cc(-c4c5ccccc5c(-c5ccc(-c6ccc7oc8ccccc8c7c6)cc5)c5ccccc45)c4cccc1c4c23. The summed E-state index contributed by atoms with van der Waals surface area (Å²) in [7, 11) is 0. The van der Waals surface area contributed by atoms with Crippen LogP contribution in [0.5, 0.6) is 0 Å². The van der Waals surface area contributed by atoms with Gasteiger partial charge in [0, 0.05) is 16.2 Å². The largest absolute Gasteiger partial charge is 0.456 e. The van der Waals surface area contributed by atoms with Crippen LogP contribution in [0.25, 0.3) is 98.4 Å². The first-order valence-corrected chi connectivity index (χ1v) is 17.5.